The molecule has 0 aromatic heterocycles. The lowest BCUT2D eigenvalue weighted by Crippen LogP contribution is -2.02. The molecule has 6 heavy (non-hydrogen) atoms. The molecule has 3 nitrogen and oxygen atoms in total. The molecule has 0 aliphatic carbocycles. The van der Waals surface area contributed by atoms with E-state index in [4.69, 9.17) is 10.1 Å². The Morgan fingerprint density at radius 2 is 2.17 bits per heavy atom. The average molecular weight is 205 g/mol. The fourth-order valence-electron chi connectivity index (χ4n) is 0. The Morgan fingerprint density at radius 1 is 2.00 bits per heavy atom. The molecule has 0 aliphatic heterocycles. The highest BCUT2D eigenvalue weighted by atomic mass is 127. The molecule has 0 rings (SSSR count). The first-order chi connectivity index (χ1) is 2.64. The molecule has 0 spiro atoms. The molecule has 0 radical (unpaired) electrons. The summed E-state index contributed by atoms with van der Waals surface area (Å²) in [4.78, 5) is 8.11. The van der Waals surface area contributed by atoms with Gasteiger partial charge in [-0.25, -0.2) is 0 Å². The molecule has 5 heteroatoms. The molecular weight excluding hydrogens is 204 g/mol. The summed E-state index contributed by atoms with van der Waals surface area (Å²) >= 11 is 1.07. The van der Waals surface area contributed by atoms with Crippen LogP contribution in [0.2, 0.25) is 0 Å². The molecule has 0 aliphatic rings. The van der Waals surface area contributed by atoms with Gasteiger partial charge in [0.05, 0.1) is 4.92 Å². The fraction of sp³-hybridized carbons (Fsp3) is 1.00. The summed E-state index contributed by atoms with van der Waals surface area (Å²) in [6, 6.07) is 0. The lowest BCUT2D eigenvalue weighted by Gasteiger charge is -1.82. The lowest BCUT2D eigenvalue weighted by atomic mass is 11.4. The summed E-state index contributed by atoms with van der Waals surface area (Å²) in [5, 5.41) is 9.12. The van der Waals surface area contributed by atoms with Crippen LogP contribution in [-0.4, -0.2) is 9.23 Å². The van der Waals surface area contributed by atoms with E-state index >= 15 is 0 Å². The summed E-state index contributed by atoms with van der Waals surface area (Å²) in [7, 11) is 0. The van der Waals surface area contributed by atoms with E-state index in [1.54, 1.807) is 0 Å². The molecule has 0 aromatic rings. The maximum Gasteiger partial charge on any atom is 0.397 e. The molecule has 36 valence electrons. The van der Waals surface area contributed by atoms with Gasteiger partial charge in [0.2, 0.25) is 0 Å². The molecule has 0 saturated carbocycles. The quantitative estimate of drug-likeness (QED) is 0.210. The summed E-state index contributed by atoms with van der Waals surface area (Å²) in [6.07, 6.45) is 0. The smallest absolute Gasteiger partial charge is 0.261 e. The van der Waals surface area contributed by atoms with Gasteiger partial charge in [-0.05, 0) is 0 Å². The molecule has 0 fully saturated rings. The maximum absolute atomic E-state index is 11.1. The fourth-order valence-corrected chi connectivity index (χ4v) is 0. The van der Waals surface area contributed by atoms with E-state index in [9.17, 15) is 4.39 Å². The third-order valence-corrected chi connectivity index (χ3v) is 0.614. The Morgan fingerprint density at radius 3 is 2.17 bits per heavy atom. The third-order valence-electron chi connectivity index (χ3n) is 0.159. The van der Waals surface area contributed by atoms with Crippen molar-refractivity contribution in [1.82, 2.24) is 0 Å². The first kappa shape index (κ1) is 6.06. The first-order valence-corrected chi connectivity index (χ1v) is 2.31. The highest BCUT2D eigenvalue weighted by molar-refractivity contribution is 14.1. The predicted octanol–water partition coefficient (Wildman–Crippen LogP) is 0.951. The van der Waals surface area contributed by atoms with Gasteiger partial charge in [-0.1, -0.05) is 0 Å². The van der Waals surface area contributed by atoms with Crippen molar-refractivity contribution in [2.24, 2.45) is 0 Å². The average Bonchev–Trinajstić information content (AvgIpc) is 1.36. The minimum atomic E-state index is -1.96. The molecule has 0 saturated heterocycles. The normalized spacial score (nSPS) is 13.7. The van der Waals surface area contributed by atoms with Crippen LogP contribution in [0.4, 0.5) is 4.39 Å². The van der Waals surface area contributed by atoms with Crippen molar-refractivity contribution in [3.63, 3.8) is 0 Å². The van der Waals surface area contributed by atoms with Crippen molar-refractivity contribution in [3.05, 3.63) is 10.1 Å². The monoisotopic (exact) mass is 205 g/mol. The zero-order valence-electron chi connectivity index (χ0n) is 2.60. The minimum Gasteiger partial charge on any atom is -0.261 e. The molecule has 0 amide bonds. The highest BCUT2D eigenvalue weighted by Crippen LogP contribution is 1.99. The van der Waals surface area contributed by atoms with Crippen LogP contribution in [0.15, 0.2) is 0 Å². The highest BCUT2D eigenvalue weighted by Gasteiger charge is 2.07. The van der Waals surface area contributed by atoms with Gasteiger partial charge >= 0.3 is 4.30 Å². The van der Waals surface area contributed by atoms with E-state index in [0.717, 1.165) is 22.6 Å². The van der Waals surface area contributed by atoms with Crippen LogP contribution in [0, 0.1) is 10.1 Å². The topological polar surface area (TPSA) is 43.1 Å². The second-order valence-electron chi connectivity index (χ2n) is 0.563. The third kappa shape index (κ3) is 2.31. The van der Waals surface area contributed by atoms with Crippen LogP contribution >= 0.6 is 22.6 Å². The van der Waals surface area contributed by atoms with Gasteiger partial charge in [-0.2, -0.15) is 4.39 Å². The number of nitro groups is 1. The van der Waals surface area contributed by atoms with Crippen LogP contribution in [-0.2, 0) is 0 Å². The largest absolute Gasteiger partial charge is 0.397 e. The second kappa shape index (κ2) is 2.27. The van der Waals surface area contributed by atoms with Gasteiger partial charge in [0.25, 0.3) is 0 Å². The van der Waals surface area contributed by atoms with E-state index in [1.807, 2.05) is 0 Å². The van der Waals surface area contributed by atoms with Crippen molar-refractivity contribution < 1.29 is 9.31 Å². The van der Waals surface area contributed by atoms with Gasteiger partial charge < -0.3 is 0 Å². The van der Waals surface area contributed by atoms with Crippen molar-refractivity contribution in [2.75, 3.05) is 0 Å². The number of rotatable bonds is 1. The number of hydrogen-bond acceptors (Lipinski definition) is 2. The van der Waals surface area contributed by atoms with Gasteiger partial charge in [0, 0.05) is 22.6 Å². The Balaban J connectivity index is 3.26. The van der Waals surface area contributed by atoms with Crippen LogP contribution < -0.4 is 0 Å². The minimum absolute atomic E-state index is 1.01. The molecule has 1 atom stereocenters. The number of hydrogen-bond donors (Lipinski definition) is 0. The van der Waals surface area contributed by atoms with Gasteiger partial charge in [-0.3, -0.25) is 10.1 Å². The SMILES string of the molecule is O=[N+]([O-])C(F)I. The molecular formula is CHFINO2. The molecule has 0 aromatic carbocycles. The summed E-state index contributed by atoms with van der Waals surface area (Å²) in [5.41, 5.74) is 0. The van der Waals surface area contributed by atoms with Crippen LogP contribution in [0.1, 0.15) is 0 Å². The molecule has 0 heterocycles. The Kier molecular flexibility index (Phi) is 2.29. The standard InChI is InChI=1S/CHFINO2/c2-1(3)4(5)6/h1H. The van der Waals surface area contributed by atoms with Crippen LogP contribution in [0.3, 0.4) is 0 Å². The summed E-state index contributed by atoms with van der Waals surface area (Å²) in [6.45, 7) is 0. The number of alkyl halides is 2. The van der Waals surface area contributed by atoms with Crippen molar-refractivity contribution >= 4 is 22.6 Å². The Bertz CT molecular complexity index is 64.6. The Hall–Kier alpha value is 0.0600. The predicted molar refractivity (Wildman–Crippen MR) is 25.9 cm³/mol. The first-order valence-electron chi connectivity index (χ1n) is 1.06. The van der Waals surface area contributed by atoms with Crippen LogP contribution in [0.25, 0.3) is 0 Å². The van der Waals surface area contributed by atoms with Crippen molar-refractivity contribution in [1.29, 1.82) is 0 Å². The van der Waals surface area contributed by atoms with Gasteiger partial charge in [0.1, 0.15) is 0 Å². The van der Waals surface area contributed by atoms with E-state index in [2.05, 4.69) is 0 Å². The van der Waals surface area contributed by atoms with E-state index in [-0.39, 0.29) is 0 Å². The van der Waals surface area contributed by atoms with E-state index < -0.39 is 9.23 Å². The van der Waals surface area contributed by atoms with Crippen molar-refractivity contribution in [2.45, 2.75) is 4.30 Å². The summed E-state index contributed by atoms with van der Waals surface area (Å²) < 4.78 is 9.16. The van der Waals surface area contributed by atoms with Gasteiger partial charge in [0.15, 0.2) is 0 Å². The summed E-state index contributed by atoms with van der Waals surface area (Å²) in [5.74, 6) is 0. The number of nitrogens with zero attached hydrogens (tertiary/aromatic N) is 1. The molecule has 0 N–H and O–H groups in total. The van der Waals surface area contributed by atoms with E-state index in [1.165, 1.54) is 0 Å². The number of halogens is 2. The maximum atomic E-state index is 11.1. The molecule has 1 unspecified atom stereocenters. The van der Waals surface area contributed by atoms with Gasteiger partial charge in [-0.15, -0.1) is 0 Å². The van der Waals surface area contributed by atoms with E-state index in [0.29, 0.717) is 0 Å². The van der Waals surface area contributed by atoms with Crippen LogP contribution in [0.5, 0.6) is 0 Å². The lowest BCUT2D eigenvalue weighted by molar-refractivity contribution is -0.516. The molecule has 0 bridgehead atoms. The van der Waals surface area contributed by atoms with Crippen molar-refractivity contribution in [3.8, 4) is 0 Å². The zero-order valence-corrected chi connectivity index (χ0v) is 4.75. The second-order valence-corrected chi connectivity index (χ2v) is 1.59. The zero-order chi connectivity index (χ0) is 5.15. The Labute approximate surface area is 46.8 Å².